The van der Waals surface area contributed by atoms with Crippen LogP contribution < -0.4 is 10.1 Å². The predicted molar refractivity (Wildman–Crippen MR) is 125 cm³/mol. The van der Waals surface area contributed by atoms with Gasteiger partial charge in [-0.15, -0.1) is 10.2 Å². The number of hydrogen-bond acceptors (Lipinski definition) is 5. The molecule has 31 heavy (non-hydrogen) atoms. The van der Waals surface area contributed by atoms with Crippen molar-refractivity contribution in [3.8, 4) is 5.75 Å². The number of amides is 1. The van der Waals surface area contributed by atoms with Crippen LogP contribution in [-0.2, 0) is 18.4 Å². The van der Waals surface area contributed by atoms with Crippen molar-refractivity contribution >= 4 is 45.7 Å². The Morgan fingerprint density at radius 3 is 2.65 bits per heavy atom. The highest BCUT2D eigenvalue weighted by Gasteiger charge is 2.19. The average Bonchev–Trinajstić information content (AvgIpc) is 3.12. The van der Waals surface area contributed by atoms with E-state index in [0.29, 0.717) is 21.8 Å². The lowest BCUT2D eigenvalue weighted by molar-refractivity contribution is -0.115. The van der Waals surface area contributed by atoms with Gasteiger partial charge in [0.1, 0.15) is 12.4 Å². The van der Waals surface area contributed by atoms with Crippen LogP contribution in [0.4, 0.5) is 5.69 Å². The molecule has 4 rings (SSSR count). The lowest BCUT2D eigenvalue weighted by Crippen LogP contribution is -2.22. The van der Waals surface area contributed by atoms with Crippen LogP contribution in [0.5, 0.6) is 5.75 Å². The minimum absolute atomic E-state index is 0.0999. The minimum Gasteiger partial charge on any atom is -0.484 e. The minimum atomic E-state index is -0.355. The number of rotatable bonds is 7. The van der Waals surface area contributed by atoms with Gasteiger partial charge in [0.15, 0.2) is 11.0 Å². The van der Waals surface area contributed by atoms with Crippen molar-refractivity contribution in [1.82, 2.24) is 14.8 Å². The molecule has 0 saturated carbocycles. The highest BCUT2D eigenvalue weighted by Crippen LogP contribution is 2.26. The highest BCUT2D eigenvalue weighted by molar-refractivity contribution is 8.00. The zero-order valence-corrected chi connectivity index (χ0v) is 18.7. The van der Waals surface area contributed by atoms with Crippen molar-refractivity contribution < 1.29 is 9.53 Å². The van der Waals surface area contributed by atoms with Gasteiger partial charge in [0.25, 0.3) is 0 Å². The molecule has 0 saturated heterocycles. The third-order valence-corrected chi connectivity index (χ3v) is 6.23. The summed E-state index contributed by atoms with van der Waals surface area (Å²) < 4.78 is 7.56. The second-order valence-corrected chi connectivity index (χ2v) is 8.70. The molecule has 158 valence electrons. The third-order valence-electron chi connectivity index (χ3n) is 4.79. The van der Waals surface area contributed by atoms with E-state index >= 15 is 0 Å². The van der Waals surface area contributed by atoms with E-state index in [2.05, 4.69) is 15.5 Å². The molecule has 4 aromatic rings. The maximum Gasteiger partial charge on any atom is 0.237 e. The van der Waals surface area contributed by atoms with Gasteiger partial charge in [-0.1, -0.05) is 65.8 Å². The van der Waals surface area contributed by atoms with Crippen molar-refractivity contribution in [3.63, 3.8) is 0 Å². The summed E-state index contributed by atoms with van der Waals surface area (Å²) >= 11 is 7.46. The molecule has 8 heteroatoms. The van der Waals surface area contributed by atoms with Crippen molar-refractivity contribution in [2.24, 2.45) is 7.05 Å². The van der Waals surface area contributed by atoms with Crippen LogP contribution in [0.25, 0.3) is 10.8 Å². The fourth-order valence-corrected chi connectivity index (χ4v) is 4.02. The van der Waals surface area contributed by atoms with E-state index in [0.717, 1.165) is 16.5 Å². The topological polar surface area (TPSA) is 69.0 Å². The summed E-state index contributed by atoms with van der Waals surface area (Å²) in [6.45, 7) is 2.07. The highest BCUT2D eigenvalue weighted by atomic mass is 35.5. The Bertz CT molecular complexity index is 1230. The molecule has 1 heterocycles. The van der Waals surface area contributed by atoms with Gasteiger partial charge in [-0.05, 0) is 42.0 Å². The number of nitrogens with one attached hydrogen (secondary N) is 1. The number of benzene rings is 3. The normalized spacial score (nSPS) is 12.0. The Morgan fingerprint density at radius 2 is 1.84 bits per heavy atom. The molecule has 1 atom stereocenters. The van der Waals surface area contributed by atoms with E-state index in [1.807, 2.05) is 73.1 Å². The molecule has 0 aliphatic heterocycles. The van der Waals surface area contributed by atoms with Gasteiger partial charge in [-0.3, -0.25) is 4.79 Å². The molecule has 3 aromatic carbocycles. The van der Waals surface area contributed by atoms with Gasteiger partial charge < -0.3 is 14.6 Å². The second-order valence-electron chi connectivity index (χ2n) is 6.99. The quantitative estimate of drug-likeness (QED) is 0.384. The Morgan fingerprint density at radius 1 is 1.10 bits per heavy atom. The number of thioether (sulfide) groups is 1. The number of carbonyl (C=O) groups is 1. The Balaban J connectivity index is 1.38. The first kappa shape index (κ1) is 21.2. The Labute approximate surface area is 189 Å². The number of carbonyl (C=O) groups excluding carboxylic acids is 1. The van der Waals surface area contributed by atoms with Crippen molar-refractivity contribution in [3.05, 3.63) is 77.6 Å². The number of aromatic nitrogens is 3. The monoisotopic (exact) mass is 452 g/mol. The first-order chi connectivity index (χ1) is 15.0. The molecule has 6 nitrogen and oxygen atoms in total. The molecular formula is C23H21ClN4O2S. The summed E-state index contributed by atoms with van der Waals surface area (Å²) in [4.78, 5) is 12.7. The number of hydrogen-bond donors (Lipinski definition) is 1. The van der Waals surface area contributed by atoms with Gasteiger partial charge >= 0.3 is 0 Å². The number of halogens is 1. The number of para-hydroxylation sites is 1. The van der Waals surface area contributed by atoms with Gasteiger partial charge in [0, 0.05) is 12.7 Å². The van der Waals surface area contributed by atoms with Gasteiger partial charge in [0.2, 0.25) is 5.91 Å². The van der Waals surface area contributed by atoms with Crippen LogP contribution >= 0.6 is 23.4 Å². The van der Waals surface area contributed by atoms with Crippen LogP contribution in [-0.4, -0.2) is 25.9 Å². The zero-order chi connectivity index (χ0) is 21.8. The summed E-state index contributed by atoms with van der Waals surface area (Å²) in [5.74, 6) is 1.13. The van der Waals surface area contributed by atoms with Crippen LogP contribution in [0.3, 0.4) is 0 Å². The summed E-state index contributed by atoms with van der Waals surface area (Å²) in [5, 5.41) is 14.4. The van der Waals surface area contributed by atoms with Gasteiger partial charge in [-0.25, -0.2) is 0 Å². The van der Waals surface area contributed by atoms with Crippen LogP contribution in [0.1, 0.15) is 12.7 Å². The molecule has 0 aliphatic carbocycles. The largest absolute Gasteiger partial charge is 0.484 e. The predicted octanol–water partition coefficient (Wildman–Crippen LogP) is 5.32. The molecule has 1 N–H and O–H groups in total. The summed E-state index contributed by atoms with van der Waals surface area (Å²) in [7, 11) is 1.85. The smallest absolute Gasteiger partial charge is 0.237 e. The van der Waals surface area contributed by atoms with E-state index in [4.69, 9.17) is 16.3 Å². The first-order valence-electron chi connectivity index (χ1n) is 9.73. The lowest BCUT2D eigenvalue weighted by Gasteiger charge is -2.12. The molecule has 0 fully saturated rings. The lowest BCUT2D eigenvalue weighted by atomic mass is 10.1. The molecule has 0 bridgehead atoms. The van der Waals surface area contributed by atoms with E-state index in [1.165, 1.54) is 11.8 Å². The molecular weight excluding hydrogens is 432 g/mol. The molecule has 1 unspecified atom stereocenters. The molecule has 0 spiro atoms. The second kappa shape index (κ2) is 9.41. The standard InChI is InChI=1S/C23H21ClN4O2S/c1-15(22(29)25-18-12-11-16-7-3-4-8-17(16)13-18)31-23-27-26-21(28(23)2)14-30-20-10-6-5-9-19(20)24/h3-13,15H,14H2,1-2H3,(H,25,29). The fourth-order valence-electron chi connectivity index (χ4n) is 3.00. The SMILES string of the molecule is CC(Sc1nnc(COc2ccccc2Cl)n1C)C(=O)Nc1ccc2ccccc2c1. The third kappa shape index (κ3) is 5.00. The summed E-state index contributed by atoms with van der Waals surface area (Å²) in [5.41, 5.74) is 0.767. The number of fused-ring (bicyclic) bond motifs is 1. The average molecular weight is 453 g/mol. The van der Waals surface area contributed by atoms with Gasteiger partial charge in [-0.2, -0.15) is 0 Å². The number of ether oxygens (including phenoxy) is 1. The maximum absolute atomic E-state index is 12.7. The first-order valence-corrected chi connectivity index (χ1v) is 11.0. The molecule has 1 amide bonds. The van der Waals surface area contributed by atoms with Gasteiger partial charge in [0.05, 0.1) is 10.3 Å². The van der Waals surface area contributed by atoms with E-state index in [-0.39, 0.29) is 17.8 Å². The van der Waals surface area contributed by atoms with Crippen molar-refractivity contribution in [2.45, 2.75) is 23.9 Å². The van der Waals surface area contributed by atoms with E-state index in [1.54, 1.807) is 12.1 Å². The number of anilines is 1. The molecule has 0 aliphatic rings. The zero-order valence-electron chi connectivity index (χ0n) is 17.1. The van der Waals surface area contributed by atoms with Crippen molar-refractivity contribution in [2.75, 3.05) is 5.32 Å². The van der Waals surface area contributed by atoms with Crippen molar-refractivity contribution in [1.29, 1.82) is 0 Å². The number of nitrogens with zero attached hydrogens (tertiary/aromatic N) is 3. The van der Waals surface area contributed by atoms with Crippen LogP contribution in [0, 0.1) is 0 Å². The van der Waals surface area contributed by atoms with Crippen LogP contribution in [0.2, 0.25) is 5.02 Å². The van der Waals surface area contributed by atoms with E-state index < -0.39 is 0 Å². The van der Waals surface area contributed by atoms with Crippen LogP contribution in [0.15, 0.2) is 71.9 Å². The Kier molecular flexibility index (Phi) is 6.44. The molecule has 0 radical (unpaired) electrons. The van der Waals surface area contributed by atoms with E-state index in [9.17, 15) is 4.79 Å². The maximum atomic E-state index is 12.7. The Hall–Kier alpha value is -3.03. The fraction of sp³-hybridized carbons (Fsp3) is 0.174. The summed E-state index contributed by atoms with van der Waals surface area (Å²) in [6, 6.07) is 21.2. The molecule has 1 aromatic heterocycles. The summed E-state index contributed by atoms with van der Waals surface area (Å²) in [6.07, 6.45) is 0.